The average Bonchev–Trinajstić information content (AvgIpc) is 3.24. The number of piperazine rings is 1. The number of carbonyl (C=O) groups excluding carboxylic acids is 1. The van der Waals surface area contributed by atoms with Gasteiger partial charge in [-0.2, -0.15) is 5.10 Å². The van der Waals surface area contributed by atoms with Gasteiger partial charge >= 0.3 is 6.03 Å². The summed E-state index contributed by atoms with van der Waals surface area (Å²) in [7, 11) is 0. The van der Waals surface area contributed by atoms with Gasteiger partial charge in [-0.25, -0.2) is 4.79 Å². The number of benzene rings is 2. The summed E-state index contributed by atoms with van der Waals surface area (Å²) in [6, 6.07) is 19.8. The summed E-state index contributed by atoms with van der Waals surface area (Å²) in [6.45, 7) is 5.58. The van der Waals surface area contributed by atoms with Crippen LogP contribution in [0, 0.1) is 0 Å². The van der Waals surface area contributed by atoms with Crippen molar-refractivity contribution in [3.63, 3.8) is 0 Å². The number of ether oxygens (including phenoxy) is 1. The molecule has 7 nitrogen and oxygen atoms in total. The first-order valence-electron chi connectivity index (χ1n) is 9.87. The number of aromatic nitrogens is 2. The van der Waals surface area contributed by atoms with Gasteiger partial charge in [0.2, 0.25) is 0 Å². The number of para-hydroxylation sites is 1. The number of carbonyl (C=O) groups is 1. The van der Waals surface area contributed by atoms with Crippen LogP contribution in [0.2, 0.25) is 0 Å². The number of H-pyrrole nitrogens is 1. The van der Waals surface area contributed by atoms with Gasteiger partial charge in [-0.15, -0.1) is 0 Å². The van der Waals surface area contributed by atoms with Crippen molar-refractivity contribution in [3.8, 4) is 17.0 Å². The van der Waals surface area contributed by atoms with Crippen LogP contribution in [-0.4, -0.2) is 53.9 Å². The van der Waals surface area contributed by atoms with Gasteiger partial charge in [-0.1, -0.05) is 18.2 Å². The van der Waals surface area contributed by atoms with Gasteiger partial charge < -0.3 is 14.5 Å². The summed E-state index contributed by atoms with van der Waals surface area (Å²) in [4.78, 5) is 16.7. The molecule has 2 heterocycles. The molecule has 2 N–H and O–H groups in total. The summed E-state index contributed by atoms with van der Waals surface area (Å²) in [6.07, 6.45) is 0. The van der Waals surface area contributed by atoms with E-state index in [1.54, 1.807) is 0 Å². The molecule has 0 bridgehead atoms. The molecule has 1 aromatic heterocycles. The maximum Gasteiger partial charge on any atom is 0.323 e. The standard InChI is InChI=1S/C22H25N5O2/c1-2-29-19-10-8-17(9-11-19)20-16-21(25-24-20)23-22(28)27-14-12-26(13-15-27)18-6-4-3-5-7-18/h3-11,16H,2,12-15H2,1H3,(H2,23,24,25,28). The molecule has 1 aliphatic heterocycles. The highest BCUT2D eigenvalue weighted by molar-refractivity contribution is 5.89. The lowest BCUT2D eigenvalue weighted by molar-refractivity contribution is 0.208. The summed E-state index contributed by atoms with van der Waals surface area (Å²) < 4.78 is 5.47. The number of anilines is 2. The molecule has 0 atom stereocenters. The second-order valence-corrected chi connectivity index (χ2v) is 6.86. The molecule has 0 radical (unpaired) electrons. The van der Waals surface area contributed by atoms with Crippen LogP contribution in [0.5, 0.6) is 5.75 Å². The predicted molar refractivity (Wildman–Crippen MR) is 114 cm³/mol. The van der Waals surface area contributed by atoms with Crippen LogP contribution in [0.4, 0.5) is 16.3 Å². The van der Waals surface area contributed by atoms with Gasteiger partial charge in [0.15, 0.2) is 5.82 Å². The van der Waals surface area contributed by atoms with Crippen LogP contribution < -0.4 is 15.0 Å². The topological polar surface area (TPSA) is 73.5 Å². The van der Waals surface area contributed by atoms with Crippen molar-refractivity contribution in [2.24, 2.45) is 0 Å². The fraction of sp³-hybridized carbons (Fsp3) is 0.273. The molecule has 0 aliphatic carbocycles. The molecular weight excluding hydrogens is 366 g/mol. The highest BCUT2D eigenvalue weighted by atomic mass is 16.5. The Labute approximate surface area is 170 Å². The van der Waals surface area contributed by atoms with E-state index in [4.69, 9.17) is 4.74 Å². The molecule has 1 fully saturated rings. The van der Waals surface area contributed by atoms with Crippen molar-refractivity contribution in [2.45, 2.75) is 6.92 Å². The number of aromatic amines is 1. The summed E-state index contributed by atoms with van der Waals surface area (Å²) in [5.41, 5.74) is 3.02. The first-order valence-corrected chi connectivity index (χ1v) is 9.87. The normalized spacial score (nSPS) is 14.0. The zero-order valence-electron chi connectivity index (χ0n) is 16.5. The number of urea groups is 1. The molecule has 0 saturated carbocycles. The third-order valence-electron chi connectivity index (χ3n) is 4.98. The summed E-state index contributed by atoms with van der Waals surface area (Å²) in [5, 5.41) is 10.1. The Bertz CT molecular complexity index is 931. The zero-order chi connectivity index (χ0) is 20.1. The second kappa shape index (κ2) is 8.68. The molecule has 0 unspecified atom stereocenters. The molecule has 29 heavy (non-hydrogen) atoms. The van der Waals surface area contributed by atoms with E-state index in [0.717, 1.165) is 30.1 Å². The Hall–Kier alpha value is -3.48. The predicted octanol–water partition coefficient (Wildman–Crippen LogP) is 3.83. The minimum Gasteiger partial charge on any atom is -0.494 e. The number of nitrogens with zero attached hydrogens (tertiary/aromatic N) is 3. The van der Waals surface area contributed by atoms with Gasteiger partial charge in [0.05, 0.1) is 12.3 Å². The van der Waals surface area contributed by atoms with Gasteiger partial charge in [-0.05, 0) is 48.9 Å². The lowest BCUT2D eigenvalue weighted by Crippen LogP contribution is -2.50. The molecule has 0 spiro atoms. The highest BCUT2D eigenvalue weighted by Gasteiger charge is 2.21. The van der Waals surface area contributed by atoms with Crippen LogP contribution in [0.1, 0.15) is 6.92 Å². The minimum absolute atomic E-state index is 0.123. The van der Waals surface area contributed by atoms with Crippen molar-refractivity contribution in [1.82, 2.24) is 15.1 Å². The number of hydrogen-bond acceptors (Lipinski definition) is 4. The molecule has 2 aromatic carbocycles. The van der Waals surface area contributed by atoms with Gasteiger partial charge in [0.1, 0.15) is 5.75 Å². The Balaban J connectivity index is 1.32. The molecule has 1 saturated heterocycles. The van der Waals surface area contributed by atoms with E-state index in [1.165, 1.54) is 5.69 Å². The Morgan fingerprint density at radius 2 is 1.79 bits per heavy atom. The summed E-state index contributed by atoms with van der Waals surface area (Å²) >= 11 is 0. The maximum atomic E-state index is 12.6. The Morgan fingerprint density at radius 1 is 1.07 bits per heavy atom. The van der Waals surface area contributed by atoms with E-state index in [1.807, 2.05) is 60.4 Å². The number of nitrogens with one attached hydrogen (secondary N) is 2. The first-order chi connectivity index (χ1) is 14.2. The van der Waals surface area contributed by atoms with E-state index in [0.29, 0.717) is 25.5 Å². The van der Waals surface area contributed by atoms with Crippen LogP contribution >= 0.6 is 0 Å². The van der Waals surface area contributed by atoms with Gasteiger partial charge in [0, 0.05) is 37.9 Å². The maximum absolute atomic E-state index is 12.6. The molecule has 1 aliphatic rings. The molecule has 150 valence electrons. The van der Waals surface area contributed by atoms with Crippen molar-refractivity contribution >= 4 is 17.5 Å². The van der Waals surface area contributed by atoms with E-state index in [2.05, 4.69) is 32.5 Å². The zero-order valence-corrected chi connectivity index (χ0v) is 16.5. The lowest BCUT2D eigenvalue weighted by Gasteiger charge is -2.35. The van der Waals surface area contributed by atoms with Gasteiger partial charge in [-0.3, -0.25) is 10.4 Å². The van der Waals surface area contributed by atoms with Crippen molar-refractivity contribution in [3.05, 3.63) is 60.7 Å². The first kappa shape index (κ1) is 18.9. The monoisotopic (exact) mass is 391 g/mol. The number of rotatable bonds is 5. The Kier molecular flexibility index (Phi) is 5.65. The number of amides is 2. The molecule has 4 rings (SSSR count). The van der Waals surface area contributed by atoms with E-state index in [9.17, 15) is 4.79 Å². The van der Waals surface area contributed by atoms with E-state index >= 15 is 0 Å². The fourth-order valence-electron chi connectivity index (χ4n) is 3.43. The van der Waals surface area contributed by atoms with Crippen molar-refractivity contribution < 1.29 is 9.53 Å². The summed E-state index contributed by atoms with van der Waals surface area (Å²) in [5.74, 6) is 1.35. The van der Waals surface area contributed by atoms with Gasteiger partial charge in [0.25, 0.3) is 0 Å². The molecular formula is C22H25N5O2. The van der Waals surface area contributed by atoms with Crippen LogP contribution in [0.15, 0.2) is 60.7 Å². The number of hydrogen-bond donors (Lipinski definition) is 2. The molecule has 2 amide bonds. The van der Waals surface area contributed by atoms with Crippen LogP contribution in [0.25, 0.3) is 11.3 Å². The van der Waals surface area contributed by atoms with E-state index < -0.39 is 0 Å². The highest BCUT2D eigenvalue weighted by Crippen LogP contribution is 2.23. The SMILES string of the molecule is CCOc1ccc(-c2cc(NC(=O)N3CCN(c4ccccc4)CC3)n[nH]2)cc1. The lowest BCUT2D eigenvalue weighted by atomic mass is 10.1. The second-order valence-electron chi connectivity index (χ2n) is 6.86. The third kappa shape index (κ3) is 4.51. The smallest absolute Gasteiger partial charge is 0.323 e. The van der Waals surface area contributed by atoms with Crippen LogP contribution in [0.3, 0.4) is 0 Å². The van der Waals surface area contributed by atoms with E-state index in [-0.39, 0.29) is 6.03 Å². The Morgan fingerprint density at radius 3 is 2.48 bits per heavy atom. The molecule has 3 aromatic rings. The fourth-order valence-corrected chi connectivity index (χ4v) is 3.43. The van der Waals surface area contributed by atoms with Crippen LogP contribution in [-0.2, 0) is 0 Å². The minimum atomic E-state index is -0.123. The quantitative estimate of drug-likeness (QED) is 0.693. The largest absolute Gasteiger partial charge is 0.494 e. The van der Waals surface area contributed by atoms with Crippen molar-refractivity contribution in [1.29, 1.82) is 0 Å². The molecule has 7 heteroatoms. The third-order valence-corrected chi connectivity index (χ3v) is 4.98. The van der Waals surface area contributed by atoms with Crippen molar-refractivity contribution in [2.75, 3.05) is 43.0 Å². The average molecular weight is 391 g/mol.